The molecule has 0 spiro atoms. The van der Waals surface area contributed by atoms with Gasteiger partial charge in [0.25, 0.3) is 0 Å². The molecule has 0 fully saturated rings. The summed E-state index contributed by atoms with van der Waals surface area (Å²) in [6, 6.07) is 1.76. The normalized spacial score (nSPS) is 9.73. The van der Waals surface area contributed by atoms with Gasteiger partial charge in [-0.2, -0.15) is 0 Å². The quantitative estimate of drug-likeness (QED) is 0.633. The number of nitrogens with zero attached hydrogens (tertiary/aromatic N) is 1. The molecule has 0 aliphatic heterocycles. The predicted octanol–water partition coefficient (Wildman–Crippen LogP) is -1.09. The third-order valence-corrected chi connectivity index (χ3v) is 2.01. The maximum Gasteiger partial charge on any atom is 0.224 e. The summed E-state index contributed by atoms with van der Waals surface area (Å²) >= 11 is 0. The number of pyridine rings is 1. The summed E-state index contributed by atoms with van der Waals surface area (Å²) in [6.07, 6.45) is 3.29. The van der Waals surface area contributed by atoms with Crippen molar-refractivity contribution in [3.63, 3.8) is 0 Å². The SMILES string of the molecule is CC(=O)N(CC(=O)[O-])c1c[nH+]ccc1C. The second-order valence-electron chi connectivity index (χ2n) is 3.19. The number of H-pyrrole nitrogens is 1. The second kappa shape index (κ2) is 4.54. The summed E-state index contributed by atoms with van der Waals surface area (Å²) in [6.45, 7) is 2.68. The fourth-order valence-electron chi connectivity index (χ4n) is 1.29. The Kier molecular flexibility index (Phi) is 3.38. The zero-order valence-electron chi connectivity index (χ0n) is 8.61. The number of aromatic amines is 1. The smallest absolute Gasteiger partial charge is 0.224 e. The average molecular weight is 208 g/mol. The largest absolute Gasteiger partial charge is 0.548 e. The molecule has 1 N–H and O–H groups in total. The minimum absolute atomic E-state index is 0.332. The van der Waals surface area contributed by atoms with E-state index in [0.717, 1.165) is 10.5 Å². The molecule has 0 aliphatic carbocycles. The first-order chi connectivity index (χ1) is 7.02. The van der Waals surface area contributed by atoms with E-state index in [1.165, 1.54) is 6.92 Å². The Balaban J connectivity index is 3.04. The van der Waals surface area contributed by atoms with Gasteiger partial charge in [-0.25, -0.2) is 4.98 Å². The van der Waals surface area contributed by atoms with E-state index in [1.54, 1.807) is 25.4 Å². The zero-order valence-corrected chi connectivity index (χ0v) is 8.61. The molecule has 0 bridgehead atoms. The molecule has 5 nitrogen and oxygen atoms in total. The minimum Gasteiger partial charge on any atom is -0.548 e. The van der Waals surface area contributed by atoms with Crippen molar-refractivity contribution >= 4 is 17.6 Å². The molecule has 1 aromatic heterocycles. The molecule has 1 aromatic rings. The standard InChI is InChI=1S/C10H12N2O3/c1-7-3-4-11-5-9(7)12(8(2)13)6-10(14)15/h3-5H,6H2,1-2H3,(H,14,15). The molecule has 1 amide bonds. The van der Waals surface area contributed by atoms with Gasteiger partial charge in [-0.1, -0.05) is 0 Å². The first kappa shape index (κ1) is 11.2. The highest BCUT2D eigenvalue weighted by atomic mass is 16.4. The molecule has 15 heavy (non-hydrogen) atoms. The Morgan fingerprint density at radius 3 is 2.67 bits per heavy atom. The number of carbonyl (C=O) groups is 2. The monoisotopic (exact) mass is 208 g/mol. The lowest BCUT2D eigenvalue weighted by atomic mass is 10.2. The maximum absolute atomic E-state index is 11.3. The van der Waals surface area contributed by atoms with Crippen molar-refractivity contribution in [2.45, 2.75) is 13.8 Å². The van der Waals surface area contributed by atoms with Gasteiger partial charge in [0.1, 0.15) is 5.69 Å². The van der Waals surface area contributed by atoms with Crippen LogP contribution in [0.1, 0.15) is 12.5 Å². The molecule has 1 heterocycles. The molecular weight excluding hydrogens is 196 g/mol. The van der Waals surface area contributed by atoms with Crippen molar-refractivity contribution in [2.24, 2.45) is 0 Å². The number of aliphatic carboxylic acids is 1. The molecule has 0 saturated carbocycles. The minimum atomic E-state index is -1.28. The fraction of sp³-hybridized carbons (Fsp3) is 0.300. The van der Waals surface area contributed by atoms with E-state index < -0.39 is 12.5 Å². The van der Waals surface area contributed by atoms with E-state index in [-0.39, 0.29) is 5.91 Å². The lowest BCUT2D eigenvalue weighted by molar-refractivity contribution is -0.377. The number of rotatable bonds is 3. The van der Waals surface area contributed by atoms with Gasteiger partial charge in [-0.05, 0) is 12.5 Å². The first-order valence-electron chi connectivity index (χ1n) is 4.47. The Hall–Kier alpha value is -1.91. The van der Waals surface area contributed by atoms with Crippen LogP contribution in [0.2, 0.25) is 0 Å². The zero-order chi connectivity index (χ0) is 11.4. The van der Waals surface area contributed by atoms with Crippen molar-refractivity contribution in [3.05, 3.63) is 24.0 Å². The molecule has 5 heteroatoms. The Bertz CT molecular complexity index is 390. The van der Waals surface area contributed by atoms with E-state index in [4.69, 9.17) is 0 Å². The number of carbonyl (C=O) groups excluding carboxylic acids is 2. The van der Waals surface area contributed by atoms with Crippen LogP contribution in [0.15, 0.2) is 18.5 Å². The van der Waals surface area contributed by atoms with Crippen LogP contribution in [0, 0.1) is 6.92 Å². The van der Waals surface area contributed by atoms with E-state index >= 15 is 0 Å². The Morgan fingerprint density at radius 2 is 2.20 bits per heavy atom. The van der Waals surface area contributed by atoms with Gasteiger partial charge >= 0.3 is 0 Å². The van der Waals surface area contributed by atoms with Crippen molar-refractivity contribution in [1.29, 1.82) is 0 Å². The third kappa shape index (κ3) is 2.77. The summed E-state index contributed by atoms with van der Waals surface area (Å²) in [5, 5.41) is 10.5. The predicted molar refractivity (Wildman–Crippen MR) is 50.8 cm³/mol. The number of hydrogen-bond acceptors (Lipinski definition) is 3. The molecular formula is C10H12N2O3. The van der Waals surface area contributed by atoms with E-state index in [9.17, 15) is 14.7 Å². The fourth-order valence-corrected chi connectivity index (χ4v) is 1.29. The number of aryl methyl sites for hydroxylation is 1. The highest BCUT2D eigenvalue weighted by molar-refractivity contribution is 5.95. The van der Waals surface area contributed by atoms with E-state index in [1.807, 2.05) is 0 Å². The molecule has 0 atom stereocenters. The van der Waals surface area contributed by atoms with Crippen LogP contribution >= 0.6 is 0 Å². The van der Waals surface area contributed by atoms with Crippen LogP contribution in [0.25, 0.3) is 0 Å². The molecule has 80 valence electrons. The van der Waals surface area contributed by atoms with Gasteiger partial charge in [0, 0.05) is 13.0 Å². The number of anilines is 1. The number of hydrogen-bond donors (Lipinski definition) is 0. The first-order valence-corrected chi connectivity index (χ1v) is 4.47. The molecule has 0 saturated heterocycles. The van der Waals surface area contributed by atoms with Crippen molar-refractivity contribution in [2.75, 3.05) is 11.4 Å². The molecule has 0 radical (unpaired) electrons. The summed E-state index contributed by atoms with van der Waals surface area (Å²) in [4.78, 5) is 25.7. The average Bonchev–Trinajstić information content (AvgIpc) is 2.15. The summed E-state index contributed by atoms with van der Waals surface area (Å²) < 4.78 is 0. The van der Waals surface area contributed by atoms with Gasteiger partial charge in [-0.15, -0.1) is 0 Å². The van der Waals surface area contributed by atoms with Crippen LogP contribution < -0.4 is 15.0 Å². The Labute approximate surface area is 87.4 Å². The van der Waals surface area contributed by atoms with Crippen LogP contribution in [0.5, 0.6) is 0 Å². The number of carboxylic acid groups (broad SMARTS) is 1. The van der Waals surface area contributed by atoms with Crippen molar-refractivity contribution in [1.82, 2.24) is 0 Å². The van der Waals surface area contributed by atoms with Crippen molar-refractivity contribution in [3.8, 4) is 0 Å². The molecule has 0 aromatic carbocycles. The van der Waals surface area contributed by atoms with Gasteiger partial charge in [0.15, 0.2) is 12.4 Å². The van der Waals surface area contributed by atoms with Crippen LogP contribution in [0.3, 0.4) is 0 Å². The van der Waals surface area contributed by atoms with Crippen molar-refractivity contribution < 1.29 is 19.7 Å². The molecule has 0 unspecified atom stereocenters. The highest BCUT2D eigenvalue weighted by Crippen LogP contribution is 2.16. The van der Waals surface area contributed by atoms with Gasteiger partial charge < -0.3 is 14.8 Å². The number of amides is 1. The van der Waals surface area contributed by atoms with Crippen LogP contribution in [-0.2, 0) is 9.59 Å². The number of aromatic nitrogens is 1. The van der Waals surface area contributed by atoms with E-state index in [0.29, 0.717) is 5.69 Å². The van der Waals surface area contributed by atoms with Gasteiger partial charge in [-0.3, -0.25) is 4.79 Å². The van der Waals surface area contributed by atoms with Gasteiger partial charge in [0.05, 0.1) is 12.5 Å². The maximum atomic E-state index is 11.3. The topological polar surface area (TPSA) is 74.6 Å². The Morgan fingerprint density at radius 1 is 1.53 bits per heavy atom. The van der Waals surface area contributed by atoms with Gasteiger partial charge in [0.2, 0.25) is 5.91 Å². The van der Waals surface area contributed by atoms with Crippen LogP contribution in [-0.4, -0.2) is 18.4 Å². The lowest BCUT2D eigenvalue weighted by Crippen LogP contribution is -2.41. The third-order valence-electron chi connectivity index (χ3n) is 2.01. The number of carboxylic acids is 1. The lowest BCUT2D eigenvalue weighted by Gasteiger charge is -2.21. The summed E-state index contributed by atoms with van der Waals surface area (Å²) in [7, 11) is 0. The highest BCUT2D eigenvalue weighted by Gasteiger charge is 2.15. The summed E-state index contributed by atoms with van der Waals surface area (Å²) in [5.74, 6) is -1.62. The summed E-state index contributed by atoms with van der Waals surface area (Å²) in [5.41, 5.74) is 1.37. The number of nitrogens with one attached hydrogen (secondary N) is 1. The van der Waals surface area contributed by atoms with Crippen LogP contribution in [0.4, 0.5) is 5.69 Å². The molecule has 1 rings (SSSR count). The molecule has 0 aliphatic rings. The van der Waals surface area contributed by atoms with E-state index in [2.05, 4.69) is 4.98 Å². The second-order valence-corrected chi connectivity index (χ2v) is 3.19.